The number of likely N-dealkylation sites (N-methyl/N-ethyl adjacent to an activating group) is 1. The van der Waals surface area contributed by atoms with E-state index in [4.69, 9.17) is 4.42 Å². The van der Waals surface area contributed by atoms with Gasteiger partial charge in [0.2, 0.25) is 11.8 Å². The fraction of sp³-hybridized carbons (Fsp3) is 0.409. The SMILES string of the molecule is CN(CC(=O)NCc1ccco1)C(=O)CCC(=O)c1ccc2c(c1)CCCC2. The molecule has 148 valence electrons. The highest BCUT2D eigenvalue weighted by Crippen LogP contribution is 2.23. The van der Waals surface area contributed by atoms with Gasteiger partial charge in [-0.15, -0.1) is 0 Å². The molecular weight excluding hydrogens is 356 g/mol. The van der Waals surface area contributed by atoms with Gasteiger partial charge in [-0.25, -0.2) is 0 Å². The number of nitrogens with one attached hydrogen (secondary N) is 1. The first kappa shape index (κ1) is 19.9. The summed E-state index contributed by atoms with van der Waals surface area (Å²) in [5.74, 6) is 0.128. The Kier molecular flexibility index (Phi) is 6.63. The molecule has 0 saturated heterocycles. The second-order valence-corrected chi connectivity index (χ2v) is 7.22. The zero-order chi connectivity index (χ0) is 19.9. The number of aryl methyl sites for hydroxylation is 2. The molecule has 1 aromatic carbocycles. The molecule has 0 radical (unpaired) electrons. The molecule has 28 heavy (non-hydrogen) atoms. The highest BCUT2D eigenvalue weighted by atomic mass is 16.3. The number of carbonyl (C=O) groups is 3. The third kappa shape index (κ3) is 5.31. The summed E-state index contributed by atoms with van der Waals surface area (Å²) in [7, 11) is 1.57. The second-order valence-electron chi connectivity index (χ2n) is 7.22. The van der Waals surface area contributed by atoms with Crippen LogP contribution >= 0.6 is 0 Å². The van der Waals surface area contributed by atoms with Gasteiger partial charge in [-0.05, 0) is 55.0 Å². The van der Waals surface area contributed by atoms with E-state index in [9.17, 15) is 14.4 Å². The molecule has 0 atom stereocenters. The average molecular weight is 382 g/mol. The van der Waals surface area contributed by atoms with E-state index >= 15 is 0 Å². The van der Waals surface area contributed by atoms with Gasteiger partial charge in [0.1, 0.15) is 5.76 Å². The number of carbonyl (C=O) groups excluding carboxylic acids is 3. The van der Waals surface area contributed by atoms with Crippen LogP contribution in [0.3, 0.4) is 0 Å². The minimum absolute atomic E-state index is 0.0302. The van der Waals surface area contributed by atoms with E-state index in [1.165, 1.54) is 28.7 Å². The highest BCUT2D eigenvalue weighted by Gasteiger charge is 2.17. The summed E-state index contributed by atoms with van der Waals surface area (Å²) in [5, 5.41) is 2.70. The lowest BCUT2D eigenvalue weighted by Gasteiger charge is -2.17. The topological polar surface area (TPSA) is 79.6 Å². The molecule has 0 spiro atoms. The molecule has 1 heterocycles. The van der Waals surface area contributed by atoms with Crippen LogP contribution in [0.15, 0.2) is 41.0 Å². The molecule has 1 N–H and O–H groups in total. The number of nitrogens with zero attached hydrogens (tertiary/aromatic N) is 1. The van der Waals surface area contributed by atoms with E-state index in [-0.39, 0.29) is 43.5 Å². The van der Waals surface area contributed by atoms with E-state index in [1.807, 2.05) is 18.2 Å². The maximum atomic E-state index is 12.5. The number of amides is 2. The summed E-state index contributed by atoms with van der Waals surface area (Å²) >= 11 is 0. The molecule has 2 aromatic rings. The molecule has 1 aliphatic carbocycles. The Hall–Kier alpha value is -2.89. The van der Waals surface area contributed by atoms with E-state index in [2.05, 4.69) is 5.32 Å². The Balaban J connectivity index is 1.43. The van der Waals surface area contributed by atoms with Gasteiger partial charge in [0, 0.05) is 25.5 Å². The van der Waals surface area contributed by atoms with Crippen LogP contribution in [0.4, 0.5) is 0 Å². The molecule has 3 rings (SSSR count). The van der Waals surface area contributed by atoms with Gasteiger partial charge < -0.3 is 14.6 Å². The van der Waals surface area contributed by atoms with Crippen LogP contribution in [0.25, 0.3) is 0 Å². The number of hydrogen-bond donors (Lipinski definition) is 1. The molecule has 1 aliphatic rings. The zero-order valence-corrected chi connectivity index (χ0v) is 16.2. The summed E-state index contributed by atoms with van der Waals surface area (Å²) in [6.07, 6.45) is 6.25. The largest absolute Gasteiger partial charge is 0.467 e. The predicted molar refractivity (Wildman–Crippen MR) is 105 cm³/mol. The van der Waals surface area contributed by atoms with E-state index in [0.717, 1.165) is 19.3 Å². The van der Waals surface area contributed by atoms with Crippen LogP contribution in [0.5, 0.6) is 0 Å². The second kappa shape index (κ2) is 9.35. The quantitative estimate of drug-likeness (QED) is 0.712. The molecular formula is C22H26N2O4. The summed E-state index contributed by atoms with van der Waals surface area (Å²) in [4.78, 5) is 38.0. The van der Waals surface area contributed by atoms with E-state index in [1.54, 1.807) is 19.2 Å². The van der Waals surface area contributed by atoms with Crippen LogP contribution in [0.2, 0.25) is 0 Å². The minimum Gasteiger partial charge on any atom is -0.467 e. The van der Waals surface area contributed by atoms with Crippen LogP contribution in [-0.2, 0) is 29.0 Å². The monoisotopic (exact) mass is 382 g/mol. The lowest BCUT2D eigenvalue weighted by atomic mass is 9.89. The van der Waals surface area contributed by atoms with Crippen LogP contribution in [0.1, 0.15) is 52.9 Å². The minimum atomic E-state index is -0.270. The molecule has 2 amide bonds. The number of rotatable bonds is 8. The number of hydrogen-bond acceptors (Lipinski definition) is 4. The number of ketones is 1. The summed E-state index contributed by atoms with van der Waals surface area (Å²) < 4.78 is 5.15. The lowest BCUT2D eigenvalue weighted by Crippen LogP contribution is -2.38. The van der Waals surface area contributed by atoms with Crippen molar-refractivity contribution in [3.05, 3.63) is 59.0 Å². The molecule has 0 unspecified atom stereocenters. The Morgan fingerprint density at radius 2 is 1.86 bits per heavy atom. The van der Waals surface area contributed by atoms with Gasteiger partial charge in [-0.3, -0.25) is 14.4 Å². The Labute approximate surface area is 164 Å². The molecule has 0 fully saturated rings. The molecule has 0 bridgehead atoms. The van der Waals surface area contributed by atoms with Crippen molar-refractivity contribution in [2.45, 2.75) is 45.1 Å². The summed E-state index contributed by atoms with van der Waals surface area (Å²) in [5.41, 5.74) is 3.26. The smallest absolute Gasteiger partial charge is 0.239 e. The van der Waals surface area contributed by atoms with Gasteiger partial charge in [0.05, 0.1) is 19.4 Å². The molecule has 1 aromatic heterocycles. The fourth-order valence-corrected chi connectivity index (χ4v) is 3.42. The van der Waals surface area contributed by atoms with Crippen molar-refractivity contribution in [2.24, 2.45) is 0 Å². The van der Waals surface area contributed by atoms with Crippen LogP contribution < -0.4 is 5.32 Å². The van der Waals surface area contributed by atoms with Crippen molar-refractivity contribution in [3.8, 4) is 0 Å². The first-order valence-corrected chi connectivity index (χ1v) is 9.71. The van der Waals surface area contributed by atoms with Crippen molar-refractivity contribution in [2.75, 3.05) is 13.6 Å². The highest BCUT2D eigenvalue weighted by molar-refractivity contribution is 5.98. The van der Waals surface area contributed by atoms with Crippen LogP contribution in [0, 0.1) is 0 Å². The fourth-order valence-electron chi connectivity index (χ4n) is 3.42. The van der Waals surface area contributed by atoms with Crippen LogP contribution in [-0.4, -0.2) is 36.1 Å². The van der Waals surface area contributed by atoms with E-state index < -0.39 is 0 Å². The molecule has 6 heteroatoms. The lowest BCUT2D eigenvalue weighted by molar-refractivity contribution is -0.134. The molecule has 0 saturated carbocycles. The number of Topliss-reactive ketones (excluding diaryl/α,β-unsaturated/α-hetero) is 1. The first-order chi connectivity index (χ1) is 13.5. The van der Waals surface area contributed by atoms with Gasteiger partial charge in [0.25, 0.3) is 0 Å². The van der Waals surface area contributed by atoms with Gasteiger partial charge in [-0.2, -0.15) is 0 Å². The Morgan fingerprint density at radius 1 is 1.07 bits per heavy atom. The third-order valence-corrected chi connectivity index (χ3v) is 5.08. The summed E-state index contributed by atoms with van der Waals surface area (Å²) in [6, 6.07) is 9.40. The number of benzene rings is 1. The Morgan fingerprint density at radius 3 is 2.61 bits per heavy atom. The van der Waals surface area contributed by atoms with Crippen molar-refractivity contribution in [1.82, 2.24) is 10.2 Å². The van der Waals surface area contributed by atoms with Gasteiger partial charge in [-0.1, -0.05) is 12.1 Å². The molecule has 0 aliphatic heterocycles. The number of furan rings is 1. The molecule has 6 nitrogen and oxygen atoms in total. The standard InChI is InChI=1S/C22H26N2O4/c1-24(15-21(26)23-14-19-7-4-12-28-19)22(27)11-10-20(25)18-9-8-16-5-2-3-6-17(16)13-18/h4,7-9,12-13H,2-3,5-6,10-11,14-15H2,1H3,(H,23,26). The van der Waals surface area contributed by atoms with Gasteiger partial charge in [0.15, 0.2) is 5.78 Å². The van der Waals surface area contributed by atoms with Gasteiger partial charge >= 0.3 is 0 Å². The normalized spacial score (nSPS) is 12.9. The zero-order valence-electron chi connectivity index (χ0n) is 16.2. The van der Waals surface area contributed by atoms with Crippen molar-refractivity contribution in [3.63, 3.8) is 0 Å². The van der Waals surface area contributed by atoms with Crippen molar-refractivity contribution < 1.29 is 18.8 Å². The summed E-state index contributed by atoms with van der Waals surface area (Å²) in [6.45, 7) is 0.233. The predicted octanol–water partition coefficient (Wildman–Crippen LogP) is 2.90. The van der Waals surface area contributed by atoms with Crippen molar-refractivity contribution in [1.29, 1.82) is 0 Å². The third-order valence-electron chi connectivity index (χ3n) is 5.08. The first-order valence-electron chi connectivity index (χ1n) is 9.71. The maximum absolute atomic E-state index is 12.5. The van der Waals surface area contributed by atoms with Crippen molar-refractivity contribution >= 4 is 17.6 Å². The van der Waals surface area contributed by atoms with E-state index in [0.29, 0.717) is 11.3 Å². The number of fused-ring (bicyclic) bond motifs is 1. The maximum Gasteiger partial charge on any atom is 0.239 e. The average Bonchev–Trinajstić information content (AvgIpc) is 3.23. The Bertz CT molecular complexity index is 842.